The second-order valence-corrected chi connectivity index (χ2v) is 8.98. The number of rotatable bonds is 8. The average molecular weight is 439 g/mol. The summed E-state index contributed by atoms with van der Waals surface area (Å²) in [6.45, 7) is 5.68. The van der Waals surface area contributed by atoms with E-state index in [1.165, 1.54) is 11.8 Å². The summed E-state index contributed by atoms with van der Waals surface area (Å²) in [5.41, 5.74) is 0.725. The van der Waals surface area contributed by atoms with Crippen LogP contribution >= 0.6 is 0 Å². The molecule has 2 aromatic rings. The average Bonchev–Trinajstić information content (AvgIpc) is 3.28. The zero-order chi connectivity index (χ0) is 22.2. The first kappa shape index (κ1) is 22.7. The van der Waals surface area contributed by atoms with Gasteiger partial charge in [0.25, 0.3) is 5.91 Å². The molecule has 7 nitrogen and oxygen atoms in total. The number of carbonyl (C=O) groups is 1. The Morgan fingerprint density at radius 1 is 1.09 bits per heavy atom. The van der Waals surface area contributed by atoms with Gasteiger partial charge in [0, 0.05) is 39.3 Å². The molecule has 0 radical (unpaired) electrons. The Balaban J connectivity index is 1.18. The molecule has 32 heavy (non-hydrogen) atoms. The molecule has 1 saturated heterocycles. The van der Waals surface area contributed by atoms with E-state index in [0.717, 1.165) is 64.8 Å². The van der Waals surface area contributed by atoms with Crippen molar-refractivity contribution in [1.82, 2.24) is 20.1 Å². The van der Waals surface area contributed by atoms with Crippen LogP contribution in [-0.4, -0.2) is 70.7 Å². The molecule has 2 aliphatic rings. The fraction of sp³-hybridized carbons (Fsp3) is 0.520. The summed E-state index contributed by atoms with van der Waals surface area (Å²) in [5.74, 6) is 0.276. The van der Waals surface area contributed by atoms with Crippen LogP contribution in [0.4, 0.5) is 0 Å². The molecule has 0 bridgehead atoms. The summed E-state index contributed by atoms with van der Waals surface area (Å²) >= 11 is 0. The number of hydrogen-bond acceptors (Lipinski definition) is 6. The van der Waals surface area contributed by atoms with Crippen LogP contribution < -0.4 is 5.32 Å². The van der Waals surface area contributed by atoms with E-state index in [1.807, 2.05) is 6.07 Å². The lowest BCUT2D eigenvalue weighted by Gasteiger charge is -2.33. The first-order valence-corrected chi connectivity index (χ1v) is 11.7. The molecule has 1 amide bonds. The molecule has 2 heterocycles. The van der Waals surface area contributed by atoms with Crippen molar-refractivity contribution in [3.8, 4) is 0 Å². The van der Waals surface area contributed by atoms with Crippen molar-refractivity contribution in [2.24, 2.45) is 0 Å². The number of benzene rings is 1. The highest BCUT2D eigenvalue weighted by atomic mass is 16.3. The van der Waals surface area contributed by atoms with Gasteiger partial charge in [-0.25, -0.2) is 4.98 Å². The molecule has 2 N–H and O–H groups in total. The van der Waals surface area contributed by atoms with Crippen molar-refractivity contribution in [1.29, 1.82) is 0 Å². The van der Waals surface area contributed by atoms with Crippen molar-refractivity contribution in [3.05, 3.63) is 59.8 Å². The summed E-state index contributed by atoms with van der Waals surface area (Å²) in [7, 11) is 0. The van der Waals surface area contributed by atoms with Gasteiger partial charge in [-0.05, 0) is 18.4 Å². The molecule has 1 aliphatic carbocycles. The van der Waals surface area contributed by atoms with Gasteiger partial charge in [-0.3, -0.25) is 14.6 Å². The summed E-state index contributed by atoms with van der Waals surface area (Å²) in [6, 6.07) is 10.3. The zero-order valence-electron chi connectivity index (χ0n) is 18.7. The summed E-state index contributed by atoms with van der Waals surface area (Å²) < 4.78 is 5.55. The first-order chi connectivity index (χ1) is 15.6. The van der Waals surface area contributed by atoms with Gasteiger partial charge in [-0.15, -0.1) is 0 Å². The van der Waals surface area contributed by atoms with Crippen molar-refractivity contribution >= 4 is 12.0 Å². The maximum Gasteiger partial charge on any atom is 0.273 e. The number of hydrogen-bond donors (Lipinski definition) is 2. The summed E-state index contributed by atoms with van der Waals surface area (Å²) in [6.07, 6.45) is 10.5. The number of oxazole rings is 1. The van der Waals surface area contributed by atoms with Crippen molar-refractivity contribution in [2.45, 2.75) is 44.2 Å². The third kappa shape index (κ3) is 6.51. The number of nitrogens with one attached hydrogen (secondary N) is 1. The number of amides is 1. The smallest absolute Gasteiger partial charge is 0.273 e. The van der Waals surface area contributed by atoms with Gasteiger partial charge >= 0.3 is 0 Å². The van der Waals surface area contributed by atoms with Crippen molar-refractivity contribution in [3.63, 3.8) is 0 Å². The molecule has 7 heteroatoms. The molecule has 1 saturated carbocycles. The van der Waals surface area contributed by atoms with Crippen LogP contribution in [0.3, 0.4) is 0 Å². The van der Waals surface area contributed by atoms with Gasteiger partial charge in [0.15, 0.2) is 5.69 Å². The fourth-order valence-electron chi connectivity index (χ4n) is 4.43. The van der Waals surface area contributed by atoms with Crippen LogP contribution in [0.5, 0.6) is 0 Å². The lowest BCUT2D eigenvalue weighted by atomic mass is 9.85. The SMILES string of the molecule is O=C(NCC1(O)CCCCC1)c1coc(CN2CCN(CC=Cc3ccccc3)CC2)n1. The predicted molar refractivity (Wildman–Crippen MR) is 124 cm³/mol. The highest BCUT2D eigenvalue weighted by Gasteiger charge is 2.30. The Bertz CT molecular complexity index is 882. The lowest BCUT2D eigenvalue weighted by molar-refractivity contribution is 0.00521. The van der Waals surface area contributed by atoms with Crippen LogP contribution in [-0.2, 0) is 6.54 Å². The third-order valence-corrected chi connectivity index (χ3v) is 6.44. The van der Waals surface area contributed by atoms with E-state index in [1.54, 1.807) is 0 Å². The highest BCUT2D eigenvalue weighted by molar-refractivity contribution is 5.91. The maximum absolute atomic E-state index is 12.4. The molecule has 1 aliphatic heterocycles. The van der Waals surface area contributed by atoms with Crippen LogP contribution in [0.2, 0.25) is 0 Å². The van der Waals surface area contributed by atoms with Crippen molar-refractivity contribution in [2.75, 3.05) is 39.3 Å². The Morgan fingerprint density at radius 2 is 1.81 bits per heavy atom. The highest BCUT2D eigenvalue weighted by Crippen LogP contribution is 2.27. The number of aliphatic hydroxyl groups is 1. The minimum absolute atomic E-state index is 0.273. The molecule has 1 aromatic heterocycles. The largest absolute Gasteiger partial charge is 0.447 e. The standard InChI is InChI=1S/C25H34N4O3/c30-24(26-20-25(31)11-5-2-6-12-25)22-19-32-23(27-22)18-29-16-14-28(15-17-29)13-7-10-21-8-3-1-4-9-21/h1,3-4,7-10,19,31H,2,5-6,11-18,20H2,(H,26,30). The lowest BCUT2D eigenvalue weighted by Crippen LogP contribution is -2.45. The number of aromatic nitrogens is 1. The summed E-state index contributed by atoms with van der Waals surface area (Å²) in [4.78, 5) is 21.5. The van der Waals surface area contributed by atoms with Crippen LogP contribution in [0, 0.1) is 0 Å². The summed E-state index contributed by atoms with van der Waals surface area (Å²) in [5, 5.41) is 13.4. The minimum Gasteiger partial charge on any atom is -0.447 e. The number of carbonyl (C=O) groups excluding carboxylic acids is 1. The van der Waals surface area contributed by atoms with Crippen molar-refractivity contribution < 1.29 is 14.3 Å². The number of piperazine rings is 1. The Kier molecular flexibility index (Phi) is 7.73. The molecule has 172 valence electrons. The Hall–Kier alpha value is -2.48. The fourth-order valence-corrected chi connectivity index (χ4v) is 4.43. The van der Waals surface area contributed by atoms with Gasteiger partial charge < -0.3 is 14.8 Å². The Morgan fingerprint density at radius 3 is 2.56 bits per heavy atom. The van der Waals surface area contributed by atoms with E-state index in [0.29, 0.717) is 12.4 Å². The van der Waals surface area contributed by atoms with Crippen LogP contribution in [0.15, 0.2) is 47.1 Å². The Labute approximate surface area is 190 Å². The van der Waals surface area contributed by atoms with E-state index < -0.39 is 5.60 Å². The molecular formula is C25H34N4O3. The molecular weight excluding hydrogens is 404 g/mol. The maximum atomic E-state index is 12.4. The van der Waals surface area contributed by atoms with E-state index in [9.17, 15) is 9.90 Å². The first-order valence-electron chi connectivity index (χ1n) is 11.7. The molecule has 4 rings (SSSR count). The number of nitrogens with zero attached hydrogens (tertiary/aromatic N) is 3. The molecule has 0 unspecified atom stereocenters. The normalized spacial score (nSPS) is 19.9. The minimum atomic E-state index is -0.781. The van der Waals surface area contributed by atoms with Gasteiger partial charge in [-0.2, -0.15) is 0 Å². The quantitative estimate of drug-likeness (QED) is 0.660. The molecule has 2 fully saturated rings. The van der Waals surface area contributed by atoms with E-state index >= 15 is 0 Å². The van der Waals surface area contributed by atoms with Gasteiger partial charge in [-0.1, -0.05) is 61.7 Å². The van der Waals surface area contributed by atoms with Gasteiger partial charge in [0.2, 0.25) is 5.89 Å². The second kappa shape index (κ2) is 10.9. The zero-order valence-corrected chi connectivity index (χ0v) is 18.7. The van der Waals surface area contributed by atoms with Crippen LogP contribution in [0.25, 0.3) is 6.08 Å². The van der Waals surface area contributed by atoms with Gasteiger partial charge in [0.05, 0.1) is 12.1 Å². The third-order valence-electron chi connectivity index (χ3n) is 6.44. The van der Waals surface area contributed by atoms with Crippen LogP contribution in [0.1, 0.15) is 54.0 Å². The predicted octanol–water partition coefficient (Wildman–Crippen LogP) is 2.93. The van der Waals surface area contributed by atoms with Gasteiger partial charge in [0.1, 0.15) is 6.26 Å². The molecule has 0 atom stereocenters. The molecule has 1 aromatic carbocycles. The van der Waals surface area contributed by atoms with E-state index in [-0.39, 0.29) is 18.1 Å². The monoisotopic (exact) mass is 438 g/mol. The topological polar surface area (TPSA) is 81.8 Å². The molecule has 0 spiro atoms. The van der Waals surface area contributed by atoms with E-state index in [2.05, 4.69) is 56.5 Å². The second-order valence-electron chi connectivity index (χ2n) is 8.98. The van der Waals surface area contributed by atoms with E-state index in [4.69, 9.17) is 4.42 Å².